The predicted molar refractivity (Wildman–Crippen MR) is 357 cm³/mol. The first-order valence-electron chi connectivity index (χ1n) is 28.8. The fourth-order valence-corrected chi connectivity index (χ4v) is 12.2. The number of benzene rings is 8. The van der Waals surface area contributed by atoms with Crippen molar-refractivity contribution in [3.05, 3.63) is 139 Å². The molecule has 9 nitrogen and oxygen atoms in total. The largest absolute Gasteiger partial charge is 1.00 e. The zero-order valence-corrected chi connectivity index (χ0v) is 63.0. The minimum atomic E-state index is -0.181. The van der Waals surface area contributed by atoms with E-state index in [9.17, 15) is 5.11 Å². The average Bonchev–Trinajstić information content (AvgIpc) is 1.96. The Morgan fingerprint density at radius 1 is 0.530 bits per heavy atom. The van der Waals surface area contributed by atoms with Gasteiger partial charge in [-0.1, -0.05) is 221 Å². The summed E-state index contributed by atoms with van der Waals surface area (Å²) in [5.41, 5.74) is 6.32. The van der Waals surface area contributed by atoms with Crippen molar-refractivity contribution in [1.29, 1.82) is 0 Å². The second-order valence-electron chi connectivity index (χ2n) is 20.5. The minimum Gasteiger partial charge on any atom is -1.00 e. The molecule has 0 saturated heterocycles. The molecule has 0 bridgehead atoms. The molecule has 0 spiro atoms. The summed E-state index contributed by atoms with van der Waals surface area (Å²) >= 11 is 18.1. The number of aromatic amines is 1. The van der Waals surface area contributed by atoms with Crippen LogP contribution in [0, 0.1) is 0 Å². The Balaban J connectivity index is 0.000000306. The number of hydrogen-bond acceptors (Lipinski definition) is 7. The van der Waals surface area contributed by atoms with Gasteiger partial charge in [0.25, 0.3) is 6.47 Å². The van der Waals surface area contributed by atoms with Gasteiger partial charge in [-0.2, -0.15) is 0 Å². The van der Waals surface area contributed by atoms with Gasteiger partial charge in [0, 0.05) is 62.4 Å². The van der Waals surface area contributed by atoms with Crippen molar-refractivity contribution >= 4 is 151 Å². The van der Waals surface area contributed by atoms with Crippen LogP contribution in [0.15, 0.2) is 139 Å². The van der Waals surface area contributed by atoms with Crippen LogP contribution in [0.25, 0.3) is 87.9 Å². The number of rotatable bonds is 24. The van der Waals surface area contributed by atoms with E-state index in [1.54, 1.807) is 12.1 Å². The number of nitrogens with one attached hydrogen (secondary N) is 1. The van der Waals surface area contributed by atoms with E-state index in [2.05, 4.69) is 212 Å². The summed E-state index contributed by atoms with van der Waals surface area (Å²) in [5.74, 6) is 3.01. The molecule has 0 aliphatic rings. The maximum atomic E-state index is 9.55. The molecule has 10 rings (SSSR count). The van der Waals surface area contributed by atoms with Crippen LogP contribution in [0.5, 0.6) is 11.5 Å². The molecule has 2 heterocycles. The van der Waals surface area contributed by atoms with E-state index >= 15 is 0 Å². The SMILES string of the molecule is CCCCCCCCBr.CCCCCCCCOc1ccc(-c2nc3c4cc(Br)ccc4c4ccc(Br)cc4c3n2CCCCCCCC)cc1.O=CO[O-].Oc1ccc(-c2nc3c4cc(Br)ccc4c4ccc(Br)cc4c3[nH]2)cc1.[H-].[K+].[K+]. The van der Waals surface area contributed by atoms with Crippen LogP contribution in [0.4, 0.5) is 0 Å². The van der Waals surface area contributed by atoms with Crippen LogP contribution in [-0.2, 0) is 16.2 Å². The number of aromatic hydroxyl groups is 1. The molecule has 0 radical (unpaired) electrons. The molecule has 83 heavy (non-hydrogen) atoms. The Bertz CT molecular complexity index is 3520. The Morgan fingerprint density at radius 2 is 0.964 bits per heavy atom. The Hall–Kier alpha value is -1.56. The van der Waals surface area contributed by atoms with Crippen LogP contribution >= 0.6 is 79.6 Å². The Kier molecular flexibility index (Phi) is 33.7. The van der Waals surface area contributed by atoms with E-state index in [0.717, 1.165) is 99.7 Å². The predicted octanol–water partition coefficient (Wildman–Crippen LogP) is 15.7. The number of H-pyrrole nitrogens is 1. The van der Waals surface area contributed by atoms with Gasteiger partial charge in [-0.3, -0.25) is 4.79 Å². The van der Waals surface area contributed by atoms with Crippen molar-refractivity contribution in [3.63, 3.8) is 0 Å². The number of aromatic nitrogens is 4. The molecule has 0 aliphatic heterocycles. The van der Waals surface area contributed by atoms with E-state index in [-0.39, 0.29) is 116 Å². The van der Waals surface area contributed by atoms with E-state index < -0.39 is 0 Å². The molecule has 0 amide bonds. The zero-order valence-electron chi connectivity index (χ0n) is 49.8. The number of hydrogen-bond donors (Lipinski definition) is 2. The fourth-order valence-electron chi connectivity index (χ4n) is 10.4. The quantitative estimate of drug-likeness (QED) is 0.0117. The van der Waals surface area contributed by atoms with Crippen molar-refractivity contribution in [1.82, 2.24) is 19.5 Å². The van der Waals surface area contributed by atoms with Gasteiger partial charge in [-0.25, -0.2) is 9.97 Å². The number of alkyl halides is 1. The molecule has 2 aromatic heterocycles. The normalized spacial score (nSPS) is 10.9. The maximum absolute atomic E-state index is 9.55. The monoisotopic (exact) mass is 1490 g/mol. The number of phenols is 1. The Morgan fingerprint density at radius 3 is 1.48 bits per heavy atom. The summed E-state index contributed by atoms with van der Waals surface area (Å²) in [7, 11) is 0. The van der Waals surface area contributed by atoms with Gasteiger partial charge in [-0.15, -0.1) is 0 Å². The number of nitrogens with zero attached hydrogens (tertiary/aromatic N) is 3. The summed E-state index contributed by atoms with van der Waals surface area (Å²) in [6.45, 7) is 8.35. The van der Waals surface area contributed by atoms with Crippen molar-refractivity contribution < 1.29 is 129 Å². The number of unbranched alkanes of at least 4 members (excludes halogenated alkanes) is 15. The van der Waals surface area contributed by atoms with Gasteiger partial charge < -0.3 is 31.0 Å². The molecular weight excluding hydrogens is 1420 g/mol. The number of fused-ring (bicyclic) bond motifs is 12. The summed E-state index contributed by atoms with van der Waals surface area (Å²) in [5, 5.41) is 28.7. The molecule has 16 heteroatoms. The van der Waals surface area contributed by atoms with Crippen molar-refractivity contribution in [3.8, 4) is 34.3 Å². The van der Waals surface area contributed by atoms with E-state index in [0.29, 0.717) is 0 Å². The van der Waals surface area contributed by atoms with Crippen LogP contribution in [0.3, 0.4) is 0 Å². The Labute approximate surface area is 618 Å². The first-order chi connectivity index (χ1) is 39.5. The third-order valence-electron chi connectivity index (χ3n) is 14.5. The molecule has 0 unspecified atom stereocenters. The van der Waals surface area contributed by atoms with E-state index in [1.165, 1.54) is 146 Å². The topological polar surface area (TPSA) is 125 Å². The molecular formula is C67H75Br5K2N4O5. The van der Waals surface area contributed by atoms with Gasteiger partial charge in [0.1, 0.15) is 23.1 Å². The van der Waals surface area contributed by atoms with E-state index in [4.69, 9.17) is 24.8 Å². The molecule has 0 saturated carbocycles. The zero-order chi connectivity index (χ0) is 57.5. The number of carbonyl (C=O) groups excluding carboxylic acids is 1. The summed E-state index contributed by atoms with van der Waals surface area (Å²) in [6, 6.07) is 41.5. The number of halogens is 5. The van der Waals surface area contributed by atoms with Gasteiger partial charge in [0.15, 0.2) is 0 Å². The fraction of sp³-hybridized carbons (Fsp3) is 0.358. The molecule has 10 aromatic rings. The standard InChI is InChI=1S/C37H44Br2N2O.C21H12Br2N2O.C8H17Br.CH2O3.2K.H/c1-3-5-7-9-11-13-23-41-36-34-26-29(39)18-22-32(34)31-21-17-28(38)25-33(31)35(36)40-37(41)27-15-19-30(20-16-27)42-24-14-12-10-8-6-4-2;22-12-3-7-15-16-8-4-13(23)10-18(16)20-19(17(15)9-12)24-21(25-20)11-1-5-14(26)6-2-11;1-2-3-4-5-6-7-8-9;2-1-4-3;;;/h15-22,25-26H,3-14,23-24H2,1-2H3;1-10,26H,(H,24,25);2-8H2,1H3;1,3H;;;/q;;;;2*+1;-1/p-1. The number of ether oxygens (including phenoxy) is 1. The number of carbonyl (C=O) groups is 1. The second-order valence-corrected chi connectivity index (χ2v) is 24.9. The van der Waals surface area contributed by atoms with Gasteiger partial charge in [0.05, 0.1) is 28.7 Å². The number of phenolic OH excluding ortho intramolecular Hbond substituents is 1. The van der Waals surface area contributed by atoms with Crippen LogP contribution < -0.4 is 113 Å². The average molecular weight is 1490 g/mol. The smallest absolute Gasteiger partial charge is 1.00 e. The summed E-state index contributed by atoms with van der Waals surface area (Å²) < 4.78 is 12.8. The summed E-state index contributed by atoms with van der Waals surface area (Å²) in [6.07, 6.45) is 23.6. The van der Waals surface area contributed by atoms with Crippen LogP contribution in [-0.4, -0.2) is 43.0 Å². The van der Waals surface area contributed by atoms with Gasteiger partial charge in [0.2, 0.25) is 0 Å². The van der Waals surface area contributed by atoms with Crippen molar-refractivity contribution in [2.75, 3.05) is 11.9 Å². The molecule has 2 N–H and O–H groups in total. The van der Waals surface area contributed by atoms with E-state index in [1.807, 2.05) is 12.1 Å². The third-order valence-corrected chi connectivity index (χ3v) is 17.0. The minimum absolute atomic E-state index is 0. The van der Waals surface area contributed by atoms with Gasteiger partial charge >= 0.3 is 103 Å². The first-order valence-corrected chi connectivity index (χ1v) is 33.0. The summed E-state index contributed by atoms with van der Waals surface area (Å²) in [4.78, 5) is 25.0. The third kappa shape index (κ3) is 20.8. The molecule has 0 atom stereocenters. The molecule has 430 valence electrons. The maximum Gasteiger partial charge on any atom is 1.00 e. The number of aryl methyl sites for hydroxylation is 1. The van der Waals surface area contributed by atoms with Crippen molar-refractivity contribution in [2.24, 2.45) is 0 Å². The van der Waals surface area contributed by atoms with Crippen LogP contribution in [0.2, 0.25) is 0 Å². The molecule has 0 aliphatic carbocycles. The number of imidazole rings is 2. The van der Waals surface area contributed by atoms with Gasteiger partial charge in [-0.05, 0) is 138 Å². The van der Waals surface area contributed by atoms with Crippen LogP contribution in [0.1, 0.15) is 138 Å². The molecule has 0 fully saturated rings. The second kappa shape index (κ2) is 38.8. The first kappa shape index (κ1) is 72.2. The molecule has 8 aromatic carbocycles. The van der Waals surface area contributed by atoms with Crippen molar-refractivity contribution in [2.45, 2.75) is 143 Å².